The zero-order valence-corrected chi connectivity index (χ0v) is 16.3. The Morgan fingerprint density at radius 3 is 2.26 bits per heavy atom. The maximum atomic E-state index is 12.7. The summed E-state index contributed by atoms with van der Waals surface area (Å²) in [6.45, 7) is 3.50. The predicted molar refractivity (Wildman–Crippen MR) is 102 cm³/mol. The number of methoxy groups -OCH3 is 2. The second-order valence-corrected chi connectivity index (χ2v) is 7.13. The first-order valence-electron chi connectivity index (χ1n) is 8.10. The number of amides is 1. The highest BCUT2D eigenvalue weighted by molar-refractivity contribution is 7.92. The third-order valence-corrected chi connectivity index (χ3v) is 4.89. The van der Waals surface area contributed by atoms with E-state index in [4.69, 9.17) is 14.2 Å². The fraction of sp³-hybridized carbons (Fsp3) is 0.278. The Morgan fingerprint density at radius 1 is 1.00 bits per heavy atom. The number of sulfonamides is 1. The molecule has 0 radical (unpaired) electrons. The summed E-state index contributed by atoms with van der Waals surface area (Å²) in [7, 11) is -0.949. The summed E-state index contributed by atoms with van der Waals surface area (Å²) >= 11 is 0. The highest BCUT2D eigenvalue weighted by Gasteiger charge is 2.18. The maximum Gasteiger partial charge on any atom is 0.261 e. The van der Waals surface area contributed by atoms with Gasteiger partial charge in [0.1, 0.15) is 5.75 Å². The Morgan fingerprint density at radius 2 is 1.67 bits per heavy atom. The van der Waals surface area contributed by atoms with Crippen molar-refractivity contribution < 1.29 is 27.4 Å². The molecule has 2 aromatic rings. The number of carbonyl (C=O) groups is 1. The van der Waals surface area contributed by atoms with Crippen molar-refractivity contribution in [2.45, 2.75) is 18.7 Å². The fourth-order valence-electron chi connectivity index (χ4n) is 2.36. The van der Waals surface area contributed by atoms with E-state index in [1.165, 1.54) is 45.4 Å². The van der Waals surface area contributed by atoms with Crippen LogP contribution in [-0.2, 0) is 14.8 Å². The van der Waals surface area contributed by atoms with Gasteiger partial charge in [-0.1, -0.05) is 0 Å². The van der Waals surface area contributed by atoms with Gasteiger partial charge < -0.3 is 19.5 Å². The molecule has 9 heteroatoms. The van der Waals surface area contributed by atoms with Gasteiger partial charge in [-0.25, -0.2) is 8.42 Å². The van der Waals surface area contributed by atoms with E-state index in [9.17, 15) is 13.2 Å². The number of hydrogen-bond acceptors (Lipinski definition) is 6. The van der Waals surface area contributed by atoms with Crippen molar-refractivity contribution in [1.82, 2.24) is 0 Å². The first-order chi connectivity index (χ1) is 12.8. The van der Waals surface area contributed by atoms with E-state index in [0.29, 0.717) is 29.5 Å². The van der Waals surface area contributed by atoms with Crippen LogP contribution in [0.15, 0.2) is 41.3 Å². The summed E-state index contributed by atoms with van der Waals surface area (Å²) in [5.74, 6) is 0.925. The molecule has 0 saturated heterocycles. The standard InChI is InChI=1S/C18H22N2O6S/c1-5-26-16-9-7-14(11-15(16)19-12(2)21)27(22,23)20-13-6-8-17(24-3)18(10-13)25-4/h6-11,20H,5H2,1-4H3,(H,19,21). The van der Waals surface area contributed by atoms with Gasteiger partial charge >= 0.3 is 0 Å². The number of carbonyl (C=O) groups excluding carboxylic acids is 1. The normalized spacial score (nSPS) is 10.8. The molecule has 0 saturated carbocycles. The van der Waals surface area contributed by atoms with Crippen molar-refractivity contribution in [2.75, 3.05) is 30.9 Å². The molecule has 0 spiro atoms. The molecule has 0 heterocycles. The second kappa shape index (κ2) is 8.63. The highest BCUT2D eigenvalue weighted by atomic mass is 32.2. The monoisotopic (exact) mass is 394 g/mol. The lowest BCUT2D eigenvalue weighted by Crippen LogP contribution is -2.14. The van der Waals surface area contributed by atoms with Gasteiger partial charge in [0, 0.05) is 13.0 Å². The van der Waals surface area contributed by atoms with Crippen LogP contribution in [0.3, 0.4) is 0 Å². The van der Waals surface area contributed by atoms with Crippen molar-refractivity contribution in [3.8, 4) is 17.2 Å². The Balaban J connectivity index is 2.37. The molecule has 2 aromatic carbocycles. The molecule has 0 aliphatic heterocycles. The van der Waals surface area contributed by atoms with Crippen LogP contribution in [0, 0.1) is 0 Å². The van der Waals surface area contributed by atoms with Crippen LogP contribution in [0.2, 0.25) is 0 Å². The van der Waals surface area contributed by atoms with Crippen LogP contribution in [0.25, 0.3) is 0 Å². The fourth-order valence-corrected chi connectivity index (χ4v) is 3.43. The van der Waals surface area contributed by atoms with Crippen LogP contribution in [-0.4, -0.2) is 35.2 Å². The lowest BCUT2D eigenvalue weighted by molar-refractivity contribution is -0.114. The lowest BCUT2D eigenvalue weighted by atomic mass is 10.3. The zero-order chi connectivity index (χ0) is 20.0. The number of rotatable bonds is 8. The third kappa shape index (κ3) is 5.04. The first-order valence-corrected chi connectivity index (χ1v) is 9.58. The van der Waals surface area contributed by atoms with Crippen LogP contribution >= 0.6 is 0 Å². The lowest BCUT2D eigenvalue weighted by Gasteiger charge is -2.14. The number of hydrogen-bond donors (Lipinski definition) is 2. The zero-order valence-electron chi connectivity index (χ0n) is 15.5. The Bertz CT molecular complexity index is 927. The van der Waals surface area contributed by atoms with Gasteiger partial charge in [-0.05, 0) is 37.3 Å². The van der Waals surface area contributed by atoms with E-state index in [1.54, 1.807) is 19.1 Å². The molecule has 2 N–H and O–H groups in total. The molecule has 0 fully saturated rings. The van der Waals surface area contributed by atoms with Gasteiger partial charge in [-0.2, -0.15) is 0 Å². The predicted octanol–water partition coefficient (Wildman–Crippen LogP) is 2.86. The number of nitrogens with one attached hydrogen (secondary N) is 2. The summed E-state index contributed by atoms with van der Waals surface area (Å²) in [4.78, 5) is 11.4. The van der Waals surface area contributed by atoms with Crippen LogP contribution in [0.5, 0.6) is 17.2 Å². The van der Waals surface area contributed by atoms with Crippen LogP contribution in [0.1, 0.15) is 13.8 Å². The number of anilines is 2. The number of benzene rings is 2. The number of ether oxygens (including phenoxy) is 3. The smallest absolute Gasteiger partial charge is 0.261 e. The Hall–Kier alpha value is -2.94. The summed E-state index contributed by atoms with van der Waals surface area (Å²) in [6, 6.07) is 8.91. The van der Waals surface area contributed by atoms with E-state index in [1.807, 2.05) is 0 Å². The van der Waals surface area contributed by atoms with Crippen LogP contribution in [0.4, 0.5) is 11.4 Å². The highest BCUT2D eigenvalue weighted by Crippen LogP contribution is 2.32. The Kier molecular flexibility index (Phi) is 6.51. The average molecular weight is 394 g/mol. The summed E-state index contributed by atoms with van der Waals surface area (Å²) in [5.41, 5.74) is 0.585. The van der Waals surface area contributed by atoms with Gasteiger partial charge in [0.2, 0.25) is 5.91 Å². The molecule has 0 aliphatic rings. The first kappa shape index (κ1) is 20.4. The van der Waals surface area contributed by atoms with Crippen molar-refractivity contribution in [3.05, 3.63) is 36.4 Å². The molecule has 27 heavy (non-hydrogen) atoms. The summed E-state index contributed by atoms with van der Waals surface area (Å²) < 4.78 is 43.7. The maximum absolute atomic E-state index is 12.7. The quantitative estimate of drug-likeness (QED) is 0.714. The molecular formula is C18H22N2O6S. The van der Waals surface area contributed by atoms with E-state index >= 15 is 0 Å². The molecule has 0 atom stereocenters. The molecule has 1 amide bonds. The van der Waals surface area contributed by atoms with Crippen molar-refractivity contribution >= 4 is 27.3 Å². The molecular weight excluding hydrogens is 372 g/mol. The molecule has 0 aromatic heterocycles. The van der Waals surface area contributed by atoms with Gasteiger partial charge in [-0.15, -0.1) is 0 Å². The van der Waals surface area contributed by atoms with Crippen LogP contribution < -0.4 is 24.2 Å². The van der Waals surface area contributed by atoms with Gasteiger partial charge in [0.15, 0.2) is 11.5 Å². The average Bonchev–Trinajstić information content (AvgIpc) is 2.62. The van der Waals surface area contributed by atoms with Gasteiger partial charge in [0.05, 0.1) is 37.1 Å². The van der Waals surface area contributed by atoms with Gasteiger partial charge in [-0.3, -0.25) is 9.52 Å². The van der Waals surface area contributed by atoms with Crippen molar-refractivity contribution in [2.24, 2.45) is 0 Å². The molecule has 2 rings (SSSR count). The van der Waals surface area contributed by atoms with E-state index in [2.05, 4.69) is 10.0 Å². The second-order valence-electron chi connectivity index (χ2n) is 5.45. The summed E-state index contributed by atoms with van der Waals surface area (Å²) in [5, 5.41) is 2.58. The largest absolute Gasteiger partial charge is 0.493 e. The SMILES string of the molecule is CCOc1ccc(S(=O)(=O)Nc2ccc(OC)c(OC)c2)cc1NC(C)=O. The van der Waals surface area contributed by atoms with Crippen molar-refractivity contribution in [3.63, 3.8) is 0 Å². The molecule has 0 bridgehead atoms. The minimum atomic E-state index is -3.90. The van der Waals surface area contributed by atoms with E-state index < -0.39 is 10.0 Å². The molecule has 0 aliphatic carbocycles. The van der Waals surface area contributed by atoms with E-state index in [0.717, 1.165) is 0 Å². The minimum absolute atomic E-state index is 0.0236. The molecule has 0 unspecified atom stereocenters. The van der Waals surface area contributed by atoms with Crippen molar-refractivity contribution in [1.29, 1.82) is 0 Å². The minimum Gasteiger partial charge on any atom is -0.493 e. The molecule has 146 valence electrons. The molecule has 8 nitrogen and oxygen atoms in total. The summed E-state index contributed by atoms with van der Waals surface area (Å²) in [6.07, 6.45) is 0. The third-order valence-electron chi connectivity index (χ3n) is 3.51. The Labute approximate surface area is 158 Å². The van der Waals surface area contributed by atoms with Gasteiger partial charge in [0.25, 0.3) is 10.0 Å². The van der Waals surface area contributed by atoms with E-state index in [-0.39, 0.29) is 16.5 Å². The topological polar surface area (TPSA) is 103 Å².